The topological polar surface area (TPSA) is 73.8 Å². The Hall–Kier alpha value is -1.90. The lowest BCUT2D eigenvalue weighted by molar-refractivity contribution is -0.140. The average Bonchev–Trinajstić information content (AvgIpc) is 3.39. The molecule has 1 aliphatic heterocycles. The number of aliphatic imine (C=N–C) groups is 1. The van der Waals surface area contributed by atoms with Crippen molar-refractivity contribution in [2.24, 2.45) is 28.7 Å². The number of carbonyl (C=O) groups is 2. The Morgan fingerprint density at radius 3 is 2.30 bits per heavy atom. The molecule has 2 N–H and O–H groups in total. The van der Waals surface area contributed by atoms with Crippen molar-refractivity contribution in [3.63, 3.8) is 0 Å². The Balaban J connectivity index is 0.00000256. The van der Waals surface area contributed by atoms with E-state index in [1.54, 1.807) is 0 Å². The van der Waals surface area contributed by atoms with Crippen LogP contribution < -0.4 is 10.6 Å². The van der Waals surface area contributed by atoms with Crippen LogP contribution in [0, 0.1) is 30.6 Å². The molecule has 4 atom stereocenters. The van der Waals surface area contributed by atoms with E-state index in [2.05, 4.69) is 59.0 Å². The van der Waals surface area contributed by atoms with Gasteiger partial charge in [0.25, 0.3) is 0 Å². The smallest absolute Gasteiger partial charge is 0.233 e. The van der Waals surface area contributed by atoms with Gasteiger partial charge >= 0.3 is 0 Å². The van der Waals surface area contributed by atoms with Crippen LogP contribution in [0.15, 0.2) is 41.4 Å². The first-order valence-corrected chi connectivity index (χ1v) is 10.7. The zero-order valence-corrected chi connectivity index (χ0v) is 20.0. The quantitative estimate of drug-likeness (QED) is 0.144. The molecule has 30 heavy (non-hydrogen) atoms. The highest BCUT2D eigenvalue weighted by atomic mass is 127. The lowest BCUT2D eigenvalue weighted by Crippen LogP contribution is -2.40. The normalized spacial score (nSPS) is 26.7. The van der Waals surface area contributed by atoms with E-state index in [0.717, 1.165) is 24.5 Å². The first kappa shape index (κ1) is 22.8. The van der Waals surface area contributed by atoms with Crippen LogP contribution in [-0.2, 0) is 16.1 Å². The predicted octanol–water partition coefficient (Wildman–Crippen LogP) is 2.87. The third-order valence-corrected chi connectivity index (χ3v) is 6.30. The fourth-order valence-corrected chi connectivity index (χ4v) is 4.83. The van der Waals surface area contributed by atoms with Crippen LogP contribution in [-0.4, -0.2) is 42.3 Å². The van der Waals surface area contributed by atoms with Crippen molar-refractivity contribution >= 4 is 41.8 Å². The number of nitrogens with one attached hydrogen (secondary N) is 2. The van der Waals surface area contributed by atoms with Gasteiger partial charge in [0.2, 0.25) is 11.8 Å². The standard InChI is InChI=1S/C23H30N4O2.HI/c1-3-24-23(26-14-16-7-5-15(2)6-8-16)25-11-4-12-27-21(28)19-17-9-10-18(13-17)20(19)22(27)29;/h5-10,17-20H,3-4,11-14H2,1-2H3,(H2,24,25,26);1H. The molecular formula is C23H31IN4O2. The Kier molecular flexibility index (Phi) is 7.55. The molecule has 2 bridgehead atoms. The molecule has 1 aromatic carbocycles. The van der Waals surface area contributed by atoms with Crippen LogP contribution in [0.5, 0.6) is 0 Å². The van der Waals surface area contributed by atoms with Gasteiger partial charge in [0.05, 0.1) is 18.4 Å². The van der Waals surface area contributed by atoms with Gasteiger partial charge in [-0.2, -0.15) is 0 Å². The molecule has 1 aromatic rings. The number of hydrogen-bond donors (Lipinski definition) is 2. The first-order chi connectivity index (χ1) is 14.1. The number of nitrogens with zero attached hydrogens (tertiary/aromatic N) is 2. The zero-order chi connectivity index (χ0) is 20.4. The number of benzene rings is 1. The minimum absolute atomic E-state index is 0. The number of aryl methyl sites for hydroxylation is 1. The summed E-state index contributed by atoms with van der Waals surface area (Å²) in [6, 6.07) is 8.36. The van der Waals surface area contributed by atoms with Gasteiger partial charge in [-0.3, -0.25) is 14.5 Å². The summed E-state index contributed by atoms with van der Waals surface area (Å²) in [6.45, 7) is 6.64. The summed E-state index contributed by atoms with van der Waals surface area (Å²) in [5.74, 6) is 1.19. The molecule has 2 amide bonds. The number of imide groups is 1. The fraction of sp³-hybridized carbons (Fsp3) is 0.522. The van der Waals surface area contributed by atoms with Gasteiger partial charge in [-0.15, -0.1) is 24.0 Å². The summed E-state index contributed by atoms with van der Waals surface area (Å²) in [5.41, 5.74) is 2.40. The van der Waals surface area contributed by atoms with E-state index in [1.165, 1.54) is 10.5 Å². The van der Waals surface area contributed by atoms with Crippen LogP contribution in [0.25, 0.3) is 0 Å². The molecule has 0 spiro atoms. The molecule has 162 valence electrons. The van der Waals surface area contributed by atoms with Crippen LogP contribution in [0.1, 0.15) is 30.9 Å². The SMILES string of the molecule is CCNC(=NCc1ccc(C)cc1)NCCCN1C(=O)C2C3C=CC(C3)C2C1=O.I. The average molecular weight is 522 g/mol. The van der Waals surface area contributed by atoms with Crippen molar-refractivity contribution in [2.75, 3.05) is 19.6 Å². The maximum atomic E-state index is 12.7. The number of halogens is 1. The number of amides is 2. The molecule has 1 saturated carbocycles. The summed E-state index contributed by atoms with van der Waals surface area (Å²) in [6.07, 6.45) is 5.96. The Bertz CT molecular complexity index is 806. The van der Waals surface area contributed by atoms with Crippen molar-refractivity contribution in [3.05, 3.63) is 47.5 Å². The van der Waals surface area contributed by atoms with Crippen LogP contribution in [0.4, 0.5) is 0 Å². The lowest BCUT2D eigenvalue weighted by Gasteiger charge is -2.18. The summed E-state index contributed by atoms with van der Waals surface area (Å²) >= 11 is 0. The third-order valence-electron chi connectivity index (χ3n) is 6.30. The molecule has 6 nitrogen and oxygen atoms in total. The van der Waals surface area contributed by atoms with Gasteiger partial charge in [-0.1, -0.05) is 42.0 Å². The van der Waals surface area contributed by atoms with Crippen molar-refractivity contribution < 1.29 is 9.59 Å². The fourth-order valence-electron chi connectivity index (χ4n) is 4.83. The minimum atomic E-state index is -0.0983. The first-order valence-electron chi connectivity index (χ1n) is 10.7. The second-order valence-corrected chi connectivity index (χ2v) is 8.29. The van der Waals surface area contributed by atoms with E-state index in [9.17, 15) is 9.59 Å². The number of allylic oxidation sites excluding steroid dienone is 2. The Labute approximate surface area is 195 Å². The lowest BCUT2D eigenvalue weighted by atomic mass is 9.85. The van der Waals surface area contributed by atoms with Crippen molar-refractivity contribution in [3.8, 4) is 0 Å². The van der Waals surface area contributed by atoms with E-state index >= 15 is 0 Å². The summed E-state index contributed by atoms with van der Waals surface area (Å²) in [5, 5.41) is 6.56. The highest BCUT2D eigenvalue weighted by Crippen LogP contribution is 2.52. The van der Waals surface area contributed by atoms with Gasteiger partial charge < -0.3 is 10.6 Å². The molecule has 3 aliphatic rings. The summed E-state index contributed by atoms with van der Waals surface area (Å²) in [7, 11) is 0. The monoisotopic (exact) mass is 522 g/mol. The molecular weight excluding hydrogens is 491 g/mol. The molecule has 0 radical (unpaired) electrons. The maximum absolute atomic E-state index is 12.7. The second-order valence-electron chi connectivity index (χ2n) is 8.29. The van der Waals surface area contributed by atoms with Crippen LogP contribution in [0.3, 0.4) is 0 Å². The highest BCUT2D eigenvalue weighted by molar-refractivity contribution is 14.0. The van der Waals surface area contributed by atoms with Gasteiger partial charge in [-0.25, -0.2) is 4.99 Å². The second kappa shape index (κ2) is 9.94. The molecule has 7 heteroatoms. The van der Waals surface area contributed by atoms with E-state index in [1.807, 2.05) is 6.92 Å². The van der Waals surface area contributed by atoms with Crippen molar-refractivity contribution in [1.29, 1.82) is 0 Å². The van der Waals surface area contributed by atoms with Gasteiger partial charge in [0.1, 0.15) is 0 Å². The predicted molar refractivity (Wildman–Crippen MR) is 128 cm³/mol. The number of rotatable bonds is 7. The van der Waals surface area contributed by atoms with E-state index < -0.39 is 0 Å². The zero-order valence-electron chi connectivity index (χ0n) is 17.6. The van der Waals surface area contributed by atoms with Crippen molar-refractivity contribution in [1.82, 2.24) is 15.5 Å². The summed E-state index contributed by atoms with van der Waals surface area (Å²) < 4.78 is 0. The molecule has 1 heterocycles. The maximum Gasteiger partial charge on any atom is 0.233 e. The molecule has 0 aromatic heterocycles. The molecule has 1 saturated heterocycles. The Morgan fingerprint density at radius 2 is 1.70 bits per heavy atom. The third kappa shape index (κ3) is 4.55. The summed E-state index contributed by atoms with van der Waals surface area (Å²) in [4.78, 5) is 31.6. The molecule has 4 unspecified atom stereocenters. The Morgan fingerprint density at radius 1 is 1.07 bits per heavy atom. The van der Waals surface area contributed by atoms with Crippen molar-refractivity contribution in [2.45, 2.75) is 33.2 Å². The van der Waals surface area contributed by atoms with Gasteiger partial charge in [-0.05, 0) is 44.1 Å². The van der Waals surface area contributed by atoms with Gasteiger partial charge in [0.15, 0.2) is 5.96 Å². The number of likely N-dealkylation sites (tertiary alicyclic amines) is 1. The van der Waals surface area contributed by atoms with E-state index in [-0.39, 0.29) is 59.5 Å². The number of guanidine groups is 1. The molecule has 2 fully saturated rings. The number of fused-ring (bicyclic) bond motifs is 5. The number of hydrogen-bond acceptors (Lipinski definition) is 3. The van der Waals surface area contributed by atoms with Crippen LogP contribution >= 0.6 is 24.0 Å². The largest absolute Gasteiger partial charge is 0.357 e. The number of carbonyl (C=O) groups excluding carboxylic acids is 2. The van der Waals surface area contributed by atoms with Crippen LogP contribution in [0.2, 0.25) is 0 Å². The highest BCUT2D eigenvalue weighted by Gasteiger charge is 2.58. The van der Waals surface area contributed by atoms with Gasteiger partial charge in [0, 0.05) is 19.6 Å². The minimum Gasteiger partial charge on any atom is -0.357 e. The van der Waals surface area contributed by atoms with E-state index in [4.69, 9.17) is 0 Å². The molecule has 4 rings (SSSR count). The molecule has 2 aliphatic carbocycles. The van der Waals surface area contributed by atoms with E-state index in [0.29, 0.717) is 26.1 Å².